The monoisotopic (exact) mass is 536 g/mol. The topological polar surface area (TPSA) is 73.4 Å². The number of nitrogens with zero attached hydrogens (tertiary/aromatic N) is 2. The van der Waals surface area contributed by atoms with E-state index in [2.05, 4.69) is 20.2 Å². The molecule has 200 valence electrons. The summed E-state index contributed by atoms with van der Waals surface area (Å²) in [5.41, 5.74) is -1.54. The number of ether oxygens (including phenoxy) is 1. The SMILES string of the molecule is CC(C)(CC(O)(NCc1cc2cc(N3CCCCC3)ncc2[nH]1)C(F)(F)F)c1cc(Cl)cc2c1OCC2. The third-order valence-electron chi connectivity index (χ3n) is 7.44. The molecule has 0 radical (unpaired) electrons. The van der Waals surface area contributed by atoms with Crippen LogP contribution in [0.4, 0.5) is 19.0 Å². The van der Waals surface area contributed by atoms with Crippen molar-refractivity contribution in [2.24, 2.45) is 0 Å². The number of nitrogens with one attached hydrogen (secondary N) is 2. The van der Waals surface area contributed by atoms with E-state index in [-0.39, 0.29) is 6.54 Å². The molecule has 1 saturated heterocycles. The van der Waals surface area contributed by atoms with E-state index < -0.39 is 23.7 Å². The zero-order valence-corrected chi connectivity index (χ0v) is 21.8. The molecule has 10 heteroatoms. The first-order valence-electron chi connectivity index (χ1n) is 12.7. The second-order valence-electron chi connectivity index (χ2n) is 10.8. The third-order valence-corrected chi connectivity index (χ3v) is 7.66. The number of fused-ring (bicyclic) bond motifs is 2. The van der Waals surface area contributed by atoms with Crippen LogP contribution in [0.15, 0.2) is 30.5 Å². The molecule has 3 aromatic rings. The van der Waals surface area contributed by atoms with Gasteiger partial charge in [-0.2, -0.15) is 13.2 Å². The van der Waals surface area contributed by atoms with Gasteiger partial charge < -0.3 is 19.7 Å². The van der Waals surface area contributed by atoms with Crippen LogP contribution in [0.1, 0.15) is 56.4 Å². The summed E-state index contributed by atoms with van der Waals surface area (Å²) in [5.74, 6) is 1.43. The second kappa shape index (κ2) is 9.67. The first-order valence-corrected chi connectivity index (χ1v) is 13.1. The van der Waals surface area contributed by atoms with Gasteiger partial charge in [0, 0.05) is 54.1 Å². The Morgan fingerprint density at radius 2 is 1.89 bits per heavy atom. The molecule has 0 spiro atoms. The highest BCUT2D eigenvalue weighted by Crippen LogP contribution is 2.45. The summed E-state index contributed by atoms with van der Waals surface area (Å²) in [6.07, 6.45) is 0.279. The summed E-state index contributed by atoms with van der Waals surface area (Å²) in [6, 6.07) is 7.17. The lowest BCUT2D eigenvalue weighted by Gasteiger charge is -2.38. The van der Waals surface area contributed by atoms with Crippen molar-refractivity contribution in [3.05, 3.63) is 52.3 Å². The van der Waals surface area contributed by atoms with E-state index in [1.54, 1.807) is 38.2 Å². The molecule has 37 heavy (non-hydrogen) atoms. The molecule has 4 heterocycles. The quantitative estimate of drug-likeness (QED) is 0.330. The Hall–Kier alpha value is -2.49. The number of H-pyrrole nitrogens is 1. The van der Waals surface area contributed by atoms with E-state index in [0.29, 0.717) is 35.1 Å². The van der Waals surface area contributed by atoms with Crippen molar-refractivity contribution in [2.45, 2.75) is 69.8 Å². The Morgan fingerprint density at radius 1 is 1.14 bits per heavy atom. The average molecular weight is 537 g/mol. The number of piperidine rings is 1. The van der Waals surface area contributed by atoms with Crippen LogP contribution in [-0.4, -0.2) is 46.7 Å². The molecule has 0 aliphatic carbocycles. The predicted molar refractivity (Wildman–Crippen MR) is 138 cm³/mol. The molecule has 6 nitrogen and oxygen atoms in total. The molecule has 5 rings (SSSR count). The maximum atomic E-state index is 14.3. The lowest BCUT2D eigenvalue weighted by atomic mass is 9.76. The number of rotatable bonds is 7. The maximum Gasteiger partial charge on any atom is 0.431 e. The van der Waals surface area contributed by atoms with E-state index in [4.69, 9.17) is 16.3 Å². The van der Waals surface area contributed by atoms with Gasteiger partial charge in [-0.15, -0.1) is 0 Å². The molecular weight excluding hydrogens is 505 g/mol. The van der Waals surface area contributed by atoms with E-state index in [1.807, 2.05) is 6.07 Å². The average Bonchev–Trinajstić information content (AvgIpc) is 3.47. The Labute approximate surface area is 219 Å². The lowest BCUT2D eigenvalue weighted by Crippen LogP contribution is -2.59. The molecule has 1 aromatic carbocycles. The fraction of sp³-hybridized carbons (Fsp3) is 0.519. The number of hydrogen-bond donors (Lipinski definition) is 3. The van der Waals surface area contributed by atoms with E-state index in [0.717, 1.165) is 48.2 Å². The first kappa shape index (κ1) is 26.1. The van der Waals surface area contributed by atoms with Gasteiger partial charge in [-0.3, -0.25) is 5.32 Å². The number of anilines is 1. The van der Waals surface area contributed by atoms with Crippen molar-refractivity contribution >= 4 is 28.3 Å². The summed E-state index contributed by atoms with van der Waals surface area (Å²) in [4.78, 5) is 9.89. The molecule has 1 unspecified atom stereocenters. The summed E-state index contributed by atoms with van der Waals surface area (Å²) >= 11 is 6.27. The molecular formula is C27H32ClF3N4O2. The van der Waals surface area contributed by atoms with Gasteiger partial charge in [-0.05, 0) is 54.5 Å². The molecule has 0 bridgehead atoms. The normalized spacial score (nSPS) is 18.1. The molecule has 0 saturated carbocycles. The van der Waals surface area contributed by atoms with Crippen LogP contribution >= 0.6 is 11.6 Å². The Morgan fingerprint density at radius 3 is 2.62 bits per heavy atom. The number of benzene rings is 1. The van der Waals surface area contributed by atoms with Crippen molar-refractivity contribution in [3.63, 3.8) is 0 Å². The largest absolute Gasteiger partial charge is 0.493 e. The minimum atomic E-state index is -4.91. The number of halogens is 4. The number of aromatic amines is 1. The van der Waals surface area contributed by atoms with Crippen LogP contribution in [-0.2, 0) is 18.4 Å². The first-order chi connectivity index (χ1) is 17.5. The molecule has 3 N–H and O–H groups in total. The van der Waals surface area contributed by atoms with Crippen LogP contribution in [0.25, 0.3) is 10.9 Å². The number of aliphatic hydroxyl groups is 1. The fourth-order valence-electron chi connectivity index (χ4n) is 5.48. The van der Waals surface area contributed by atoms with Gasteiger partial charge in [-0.25, -0.2) is 4.98 Å². The number of alkyl halides is 3. The summed E-state index contributed by atoms with van der Waals surface area (Å²) < 4.78 is 48.6. The highest BCUT2D eigenvalue weighted by molar-refractivity contribution is 6.30. The zero-order valence-electron chi connectivity index (χ0n) is 21.0. The standard InChI is InChI=1S/C27H32ClF3N4O2/c1-25(2,21-13-19(28)10-17-6-9-37-24(17)21)16-26(36,27(29,30)31)33-14-20-11-18-12-23(32-15-22(18)34-20)35-7-4-3-5-8-35/h10-13,15,33-34,36H,3-9,14,16H2,1-2H3. The van der Waals surface area contributed by atoms with Crippen LogP contribution in [0.3, 0.4) is 0 Å². The van der Waals surface area contributed by atoms with Crippen molar-refractivity contribution in [2.75, 3.05) is 24.6 Å². The van der Waals surface area contributed by atoms with Gasteiger partial charge >= 0.3 is 6.18 Å². The van der Waals surface area contributed by atoms with Gasteiger partial charge in [0.15, 0.2) is 0 Å². The van der Waals surface area contributed by atoms with Crippen LogP contribution < -0.4 is 15.0 Å². The van der Waals surface area contributed by atoms with Crippen LogP contribution in [0.2, 0.25) is 5.02 Å². The Bertz CT molecular complexity index is 1290. The van der Waals surface area contributed by atoms with Crippen molar-refractivity contribution < 1.29 is 23.0 Å². The number of aromatic nitrogens is 2. The van der Waals surface area contributed by atoms with E-state index in [9.17, 15) is 18.3 Å². The number of pyridine rings is 1. The van der Waals surface area contributed by atoms with Crippen LogP contribution in [0, 0.1) is 0 Å². The predicted octanol–water partition coefficient (Wildman–Crippen LogP) is 5.85. The highest BCUT2D eigenvalue weighted by atomic mass is 35.5. The highest BCUT2D eigenvalue weighted by Gasteiger charge is 2.56. The van der Waals surface area contributed by atoms with Gasteiger partial charge in [0.2, 0.25) is 5.72 Å². The molecule has 1 fully saturated rings. The van der Waals surface area contributed by atoms with Crippen molar-refractivity contribution in [3.8, 4) is 5.75 Å². The Kier molecular flexibility index (Phi) is 6.83. The van der Waals surface area contributed by atoms with Gasteiger partial charge in [0.1, 0.15) is 11.6 Å². The van der Waals surface area contributed by atoms with E-state index in [1.165, 1.54) is 6.42 Å². The van der Waals surface area contributed by atoms with Crippen molar-refractivity contribution in [1.82, 2.24) is 15.3 Å². The van der Waals surface area contributed by atoms with Gasteiger partial charge in [0.25, 0.3) is 0 Å². The summed E-state index contributed by atoms with van der Waals surface area (Å²) in [5, 5.41) is 14.7. The molecule has 2 aromatic heterocycles. The van der Waals surface area contributed by atoms with Crippen LogP contribution in [0.5, 0.6) is 5.75 Å². The Balaban J connectivity index is 1.36. The zero-order chi connectivity index (χ0) is 26.4. The molecule has 1 atom stereocenters. The van der Waals surface area contributed by atoms with E-state index >= 15 is 0 Å². The second-order valence-corrected chi connectivity index (χ2v) is 11.2. The molecule has 2 aliphatic heterocycles. The fourth-order valence-corrected chi connectivity index (χ4v) is 5.72. The minimum Gasteiger partial charge on any atom is -0.493 e. The molecule has 2 aliphatic rings. The summed E-state index contributed by atoms with van der Waals surface area (Å²) in [7, 11) is 0. The smallest absolute Gasteiger partial charge is 0.431 e. The molecule has 0 amide bonds. The number of hydrogen-bond acceptors (Lipinski definition) is 5. The minimum absolute atomic E-state index is 0.204. The maximum absolute atomic E-state index is 14.3. The van der Waals surface area contributed by atoms with Gasteiger partial charge in [-0.1, -0.05) is 25.4 Å². The van der Waals surface area contributed by atoms with Crippen molar-refractivity contribution in [1.29, 1.82) is 0 Å². The summed E-state index contributed by atoms with van der Waals surface area (Å²) in [6.45, 7) is 5.48. The van der Waals surface area contributed by atoms with Gasteiger partial charge in [0.05, 0.1) is 18.3 Å². The third kappa shape index (κ3) is 5.26. The lowest BCUT2D eigenvalue weighted by molar-refractivity contribution is -0.280.